The van der Waals surface area contributed by atoms with Gasteiger partial charge in [0, 0.05) is 37.6 Å². The molecule has 1 aromatic heterocycles. The van der Waals surface area contributed by atoms with E-state index in [2.05, 4.69) is 16.3 Å². The van der Waals surface area contributed by atoms with Gasteiger partial charge in [-0.1, -0.05) is 12.1 Å². The molecule has 1 atom stereocenters. The van der Waals surface area contributed by atoms with Gasteiger partial charge in [0.15, 0.2) is 0 Å². The zero-order valence-electron chi connectivity index (χ0n) is 11.9. The van der Waals surface area contributed by atoms with E-state index in [-0.39, 0.29) is 11.7 Å². The lowest BCUT2D eigenvalue weighted by atomic mass is 10.1. The fourth-order valence-corrected chi connectivity index (χ4v) is 2.75. The van der Waals surface area contributed by atoms with Crippen molar-refractivity contribution < 1.29 is 4.42 Å². The van der Waals surface area contributed by atoms with E-state index in [0.717, 1.165) is 29.6 Å². The molecule has 5 nitrogen and oxygen atoms in total. The maximum Gasteiger partial charge on any atom is 0.336 e. The van der Waals surface area contributed by atoms with Crippen LogP contribution in [0.3, 0.4) is 0 Å². The first-order valence-electron chi connectivity index (χ1n) is 7.05. The van der Waals surface area contributed by atoms with Gasteiger partial charge < -0.3 is 9.73 Å². The van der Waals surface area contributed by atoms with Crippen molar-refractivity contribution in [3.63, 3.8) is 0 Å². The highest BCUT2D eigenvalue weighted by Gasteiger charge is 2.22. The molecule has 2 aromatic rings. The summed E-state index contributed by atoms with van der Waals surface area (Å²) < 4.78 is 5.27. The molecule has 3 rings (SSSR count). The number of piperazine rings is 1. The first-order chi connectivity index (χ1) is 10.2. The second kappa shape index (κ2) is 5.68. The summed E-state index contributed by atoms with van der Waals surface area (Å²) in [7, 11) is 0. The van der Waals surface area contributed by atoms with Gasteiger partial charge in [-0.05, 0) is 24.1 Å². The fraction of sp³-hybridized carbons (Fsp3) is 0.375. The van der Waals surface area contributed by atoms with Crippen molar-refractivity contribution in [3.8, 4) is 6.07 Å². The molecule has 1 aliphatic heterocycles. The first kappa shape index (κ1) is 13.8. The Morgan fingerprint density at radius 2 is 2.33 bits per heavy atom. The minimum absolute atomic E-state index is 0.161. The molecule has 21 heavy (non-hydrogen) atoms. The predicted octanol–water partition coefficient (Wildman–Crippen LogP) is 1.40. The topological polar surface area (TPSA) is 69.3 Å². The molecule has 0 radical (unpaired) electrons. The number of nitrogens with zero attached hydrogens (tertiary/aromatic N) is 2. The van der Waals surface area contributed by atoms with E-state index in [0.29, 0.717) is 18.7 Å². The lowest BCUT2D eigenvalue weighted by Crippen LogP contribution is -2.50. The van der Waals surface area contributed by atoms with Gasteiger partial charge in [-0.25, -0.2) is 4.79 Å². The number of hydrogen-bond donors (Lipinski definition) is 1. The van der Waals surface area contributed by atoms with Gasteiger partial charge >= 0.3 is 5.63 Å². The molecule has 0 amide bonds. The van der Waals surface area contributed by atoms with Gasteiger partial charge in [0.1, 0.15) is 11.6 Å². The van der Waals surface area contributed by atoms with Crippen LogP contribution in [0.4, 0.5) is 0 Å². The van der Waals surface area contributed by atoms with Crippen LogP contribution in [0.1, 0.15) is 11.1 Å². The average Bonchev–Trinajstić information content (AvgIpc) is 2.47. The molecule has 1 aromatic carbocycles. The third-order valence-electron chi connectivity index (χ3n) is 3.86. The molecule has 0 spiro atoms. The minimum atomic E-state index is -0.341. The molecule has 1 N–H and O–H groups in total. The highest BCUT2D eigenvalue weighted by Crippen LogP contribution is 2.20. The van der Waals surface area contributed by atoms with E-state index in [1.165, 1.54) is 6.07 Å². The Bertz CT molecular complexity index is 760. The highest BCUT2D eigenvalue weighted by atomic mass is 16.4. The van der Waals surface area contributed by atoms with Crippen LogP contribution in [-0.4, -0.2) is 30.6 Å². The van der Waals surface area contributed by atoms with Crippen molar-refractivity contribution >= 4 is 11.0 Å². The van der Waals surface area contributed by atoms with Crippen LogP contribution in [0.2, 0.25) is 0 Å². The standard InChI is InChI=1S/C16H17N3O2/c1-11-2-3-14-12(7-16(20)21-15(14)6-11)10-19-5-4-18-9-13(19)8-17/h2-3,6-7,13,18H,4-5,9-10H2,1H3. The van der Waals surface area contributed by atoms with Gasteiger partial charge in [0.2, 0.25) is 0 Å². The summed E-state index contributed by atoms with van der Waals surface area (Å²) in [5.74, 6) is 0. The summed E-state index contributed by atoms with van der Waals surface area (Å²) >= 11 is 0. The van der Waals surface area contributed by atoms with Gasteiger partial charge in [0.25, 0.3) is 0 Å². The average molecular weight is 283 g/mol. The van der Waals surface area contributed by atoms with Gasteiger partial charge in [-0.15, -0.1) is 0 Å². The Morgan fingerprint density at radius 1 is 1.48 bits per heavy atom. The molecule has 5 heteroatoms. The first-order valence-corrected chi connectivity index (χ1v) is 7.05. The second-order valence-electron chi connectivity index (χ2n) is 5.41. The van der Waals surface area contributed by atoms with Crippen molar-refractivity contribution in [2.45, 2.75) is 19.5 Å². The number of nitriles is 1. The molecular weight excluding hydrogens is 266 g/mol. The molecule has 1 saturated heterocycles. The normalized spacial score (nSPS) is 19.5. The van der Waals surface area contributed by atoms with E-state index >= 15 is 0 Å². The van der Waals surface area contributed by atoms with Crippen molar-refractivity contribution in [1.82, 2.24) is 10.2 Å². The number of hydrogen-bond acceptors (Lipinski definition) is 5. The summed E-state index contributed by atoms with van der Waals surface area (Å²) in [6.45, 7) is 4.87. The third kappa shape index (κ3) is 2.82. The van der Waals surface area contributed by atoms with Crippen molar-refractivity contribution in [2.75, 3.05) is 19.6 Å². The van der Waals surface area contributed by atoms with Gasteiger partial charge in [0.05, 0.1) is 6.07 Å². The van der Waals surface area contributed by atoms with Gasteiger partial charge in [-0.3, -0.25) is 4.90 Å². The van der Waals surface area contributed by atoms with Crippen LogP contribution >= 0.6 is 0 Å². The molecule has 108 valence electrons. The Balaban J connectivity index is 2.00. The number of rotatable bonds is 2. The number of fused-ring (bicyclic) bond motifs is 1. The Labute approximate surface area is 122 Å². The Kier molecular flexibility index (Phi) is 3.74. The number of nitrogens with one attached hydrogen (secondary N) is 1. The summed E-state index contributed by atoms with van der Waals surface area (Å²) in [5, 5.41) is 13.4. The summed E-state index contributed by atoms with van der Waals surface area (Å²) in [5.41, 5.74) is 2.25. The van der Waals surface area contributed by atoms with Crippen LogP contribution in [0.5, 0.6) is 0 Å². The van der Waals surface area contributed by atoms with Gasteiger partial charge in [-0.2, -0.15) is 5.26 Å². The van der Waals surface area contributed by atoms with Crippen LogP contribution in [-0.2, 0) is 6.54 Å². The maximum absolute atomic E-state index is 11.7. The highest BCUT2D eigenvalue weighted by molar-refractivity contribution is 5.80. The van der Waals surface area contributed by atoms with Crippen LogP contribution in [0, 0.1) is 18.3 Å². The molecule has 0 bridgehead atoms. The van der Waals surface area contributed by atoms with E-state index in [9.17, 15) is 10.1 Å². The fourth-order valence-electron chi connectivity index (χ4n) is 2.75. The quantitative estimate of drug-likeness (QED) is 0.844. The predicted molar refractivity (Wildman–Crippen MR) is 79.9 cm³/mol. The van der Waals surface area contributed by atoms with Crippen LogP contribution < -0.4 is 10.9 Å². The number of aryl methyl sites for hydroxylation is 1. The Hall–Kier alpha value is -2.16. The Morgan fingerprint density at radius 3 is 3.14 bits per heavy atom. The zero-order valence-corrected chi connectivity index (χ0v) is 11.9. The molecule has 0 aliphatic carbocycles. The third-order valence-corrected chi connectivity index (χ3v) is 3.86. The lowest BCUT2D eigenvalue weighted by molar-refractivity contribution is 0.189. The zero-order chi connectivity index (χ0) is 14.8. The van der Waals surface area contributed by atoms with Crippen molar-refractivity contribution in [2.24, 2.45) is 0 Å². The molecule has 0 saturated carbocycles. The van der Waals surface area contributed by atoms with E-state index < -0.39 is 0 Å². The SMILES string of the molecule is Cc1ccc2c(CN3CCNCC3C#N)cc(=O)oc2c1. The smallest absolute Gasteiger partial charge is 0.336 e. The molecular formula is C16H17N3O2. The largest absolute Gasteiger partial charge is 0.423 e. The van der Waals surface area contributed by atoms with E-state index in [1.807, 2.05) is 25.1 Å². The van der Waals surface area contributed by atoms with E-state index in [1.54, 1.807) is 0 Å². The number of benzene rings is 1. The molecule has 2 heterocycles. The molecule has 1 unspecified atom stereocenters. The van der Waals surface area contributed by atoms with Crippen molar-refractivity contribution in [3.05, 3.63) is 45.8 Å². The van der Waals surface area contributed by atoms with E-state index in [4.69, 9.17) is 4.42 Å². The minimum Gasteiger partial charge on any atom is -0.423 e. The van der Waals surface area contributed by atoms with Crippen LogP contribution in [0.15, 0.2) is 33.5 Å². The van der Waals surface area contributed by atoms with Crippen LogP contribution in [0.25, 0.3) is 11.0 Å². The van der Waals surface area contributed by atoms with Crippen molar-refractivity contribution in [1.29, 1.82) is 5.26 Å². The molecule has 1 fully saturated rings. The summed E-state index contributed by atoms with van der Waals surface area (Å²) in [6.07, 6.45) is 0. The lowest BCUT2D eigenvalue weighted by Gasteiger charge is -2.32. The second-order valence-corrected chi connectivity index (χ2v) is 5.41. The summed E-state index contributed by atoms with van der Waals surface area (Å²) in [6, 6.07) is 9.54. The monoisotopic (exact) mass is 283 g/mol. The maximum atomic E-state index is 11.7. The summed E-state index contributed by atoms with van der Waals surface area (Å²) in [4.78, 5) is 13.8. The molecule has 1 aliphatic rings.